The third-order valence-electron chi connectivity index (χ3n) is 5.45. The van der Waals surface area contributed by atoms with Crippen LogP contribution in [0, 0.1) is 0 Å². The zero-order valence-corrected chi connectivity index (χ0v) is 17.5. The third-order valence-corrected chi connectivity index (χ3v) is 5.45. The monoisotopic (exact) mass is 408 g/mol. The summed E-state index contributed by atoms with van der Waals surface area (Å²) in [6.45, 7) is 5.89. The van der Waals surface area contributed by atoms with Gasteiger partial charge in [0.05, 0.1) is 6.54 Å². The highest BCUT2D eigenvalue weighted by Gasteiger charge is 2.55. The summed E-state index contributed by atoms with van der Waals surface area (Å²) in [6.07, 6.45) is 7.53. The minimum atomic E-state index is -0.575. The molecule has 3 amide bonds. The Hall–Kier alpha value is -3.42. The number of likely N-dealkylation sites (N-methyl/N-ethyl adjacent to an activating group) is 1. The Morgan fingerprint density at radius 3 is 2.73 bits per heavy atom. The third kappa shape index (κ3) is 3.18. The molecule has 8 nitrogen and oxygen atoms in total. The SMILES string of the molecule is C/C=C/COc1ccccc1N1CC[N+]2=C1N=C1C2C(=O)N(C/C=C/C)C(=O)N1C. The van der Waals surface area contributed by atoms with Crippen LogP contribution in [0.15, 0.2) is 53.6 Å². The number of urea groups is 1. The summed E-state index contributed by atoms with van der Waals surface area (Å²) >= 11 is 0. The van der Waals surface area contributed by atoms with E-state index >= 15 is 0 Å². The van der Waals surface area contributed by atoms with Crippen molar-refractivity contribution in [2.75, 3.05) is 38.2 Å². The minimum Gasteiger partial charge on any atom is -0.486 e. The van der Waals surface area contributed by atoms with Gasteiger partial charge in [-0.1, -0.05) is 41.4 Å². The standard InChI is InChI=1S/C22H26N5O3/c1-4-6-12-27-20(28)18-19(24(3)22(27)29)23-21-25(13-14-26(18)21)16-10-8-9-11-17(16)30-15-7-5-2/h4-11,18H,12-15H2,1-3H3/q+1/b6-4+,7-5+. The second-order valence-electron chi connectivity index (χ2n) is 7.22. The highest BCUT2D eigenvalue weighted by molar-refractivity contribution is 6.24. The maximum Gasteiger partial charge on any atom is 0.397 e. The molecule has 1 fully saturated rings. The molecule has 1 saturated heterocycles. The highest BCUT2D eigenvalue weighted by atomic mass is 16.5. The molecule has 156 valence electrons. The number of amides is 3. The topological polar surface area (TPSA) is 68.5 Å². The molecular weight excluding hydrogens is 382 g/mol. The second-order valence-corrected chi connectivity index (χ2v) is 7.22. The Kier molecular flexibility index (Phi) is 5.39. The molecule has 8 heteroatoms. The quantitative estimate of drug-likeness (QED) is 0.534. The van der Waals surface area contributed by atoms with Crippen molar-refractivity contribution in [1.82, 2.24) is 9.80 Å². The molecule has 0 bridgehead atoms. The molecule has 3 aliphatic heterocycles. The first-order valence-electron chi connectivity index (χ1n) is 10.1. The molecule has 1 aromatic rings. The van der Waals surface area contributed by atoms with Crippen molar-refractivity contribution in [3.8, 4) is 5.75 Å². The number of amidine groups is 1. The van der Waals surface area contributed by atoms with E-state index in [4.69, 9.17) is 9.73 Å². The number of aliphatic imine (C=N–C) groups is 1. The number of hydrogen-bond donors (Lipinski definition) is 0. The van der Waals surface area contributed by atoms with Crippen molar-refractivity contribution in [1.29, 1.82) is 0 Å². The lowest BCUT2D eigenvalue weighted by molar-refractivity contribution is -0.525. The summed E-state index contributed by atoms with van der Waals surface area (Å²) in [5.41, 5.74) is 0.898. The van der Waals surface area contributed by atoms with Crippen LogP contribution in [0.1, 0.15) is 13.8 Å². The summed E-state index contributed by atoms with van der Waals surface area (Å²) in [4.78, 5) is 35.4. The smallest absolute Gasteiger partial charge is 0.397 e. The Morgan fingerprint density at radius 2 is 1.97 bits per heavy atom. The number of anilines is 1. The number of benzene rings is 1. The minimum absolute atomic E-state index is 0.232. The zero-order valence-electron chi connectivity index (χ0n) is 17.5. The molecule has 0 saturated carbocycles. The van der Waals surface area contributed by atoms with Crippen molar-refractivity contribution in [2.45, 2.75) is 19.9 Å². The number of imide groups is 1. The Labute approximate surface area is 176 Å². The molecule has 3 heterocycles. The number of hydrogen-bond acceptors (Lipinski definition) is 5. The maximum atomic E-state index is 13.2. The summed E-state index contributed by atoms with van der Waals surface area (Å²) in [6, 6.07) is 6.87. The van der Waals surface area contributed by atoms with Gasteiger partial charge in [-0.05, 0) is 26.0 Å². The van der Waals surface area contributed by atoms with E-state index in [1.807, 2.05) is 60.9 Å². The number of carbonyl (C=O) groups is 2. The summed E-state index contributed by atoms with van der Waals surface area (Å²) in [5.74, 6) is 1.68. The molecule has 0 aliphatic carbocycles. The van der Waals surface area contributed by atoms with Crippen LogP contribution < -0.4 is 9.64 Å². The molecule has 0 aromatic heterocycles. The molecular formula is C22H26N5O3+. The Morgan fingerprint density at radius 1 is 1.20 bits per heavy atom. The molecule has 0 spiro atoms. The number of ether oxygens (including phenoxy) is 1. The van der Waals surface area contributed by atoms with Crippen LogP contribution >= 0.6 is 0 Å². The van der Waals surface area contributed by atoms with Crippen LogP contribution in [0.4, 0.5) is 10.5 Å². The number of allylic oxidation sites excluding steroid dienone is 2. The van der Waals surface area contributed by atoms with Gasteiger partial charge in [-0.15, -0.1) is 0 Å². The van der Waals surface area contributed by atoms with Crippen LogP contribution in [0.2, 0.25) is 0 Å². The number of nitrogens with zero attached hydrogens (tertiary/aromatic N) is 5. The predicted molar refractivity (Wildman–Crippen MR) is 115 cm³/mol. The molecule has 0 N–H and O–H groups in total. The molecule has 0 radical (unpaired) electrons. The summed E-state index contributed by atoms with van der Waals surface area (Å²) in [5, 5.41) is 0. The molecule has 1 aromatic carbocycles. The summed E-state index contributed by atoms with van der Waals surface area (Å²) < 4.78 is 7.90. The lowest BCUT2D eigenvalue weighted by atomic mass is 10.1. The van der Waals surface area contributed by atoms with Gasteiger partial charge < -0.3 is 4.74 Å². The first-order valence-corrected chi connectivity index (χ1v) is 10.1. The van der Waals surface area contributed by atoms with Gasteiger partial charge in [0.15, 0.2) is 5.75 Å². The number of guanidine groups is 1. The van der Waals surface area contributed by atoms with Gasteiger partial charge in [0, 0.05) is 13.6 Å². The number of fused-ring (bicyclic) bond motifs is 2. The van der Waals surface area contributed by atoms with Crippen LogP contribution in [0.3, 0.4) is 0 Å². The first-order chi connectivity index (χ1) is 14.6. The number of para-hydroxylation sites is 2. The van der Waals surface area contributed by atoms with Gasteiger partial charge >= 0.3 is 12.0 Å². The highest BCUT2D eigenvalue weighted by Crippen LogP contribution is 2.32. The van der Waals surface area contributed by atoms with Gasteiger partial charge in [-0.25, -0.2) is 14.3 Å². The van der Waals surface area contributed by atoms with Crippen molar-refractivity contribution >= 4 is 29.4 Å². The zero-order chi connectivity index (χ0) is 21.3. The Balaban J connectivity index is 1.67. The van der Waals surface area contributed by atoms with Crippen LogP contribution in [-0.2, 0) is 4.79 Å². The van der Waals surface area contributed by atoms with E-state index in [1.54, 1.807) is 13.1 Å². The van der Waals surface area contributed by atoms with E-state index in [9.17, 15) is 9.59 Å². The molecule has 3 aliphatic rings. The van der Waals surface area contributed by atoms with Gasteiger partial charge in [-0.3, -0.25) is 14.6 Å². The van der Waals surface area contributed by atoms with E-state index in [2.05, 4.69) is 4.90 Å². The van der Waals surface area contributed by atoms with E-state index in [-0.39, 0.29) is 18.5 Å². The van der Waals surface area contributed by atoms with E-state index in [0.29, 0.717) is 31.5 Å². The number of rotatable bonds is 6. The average Bonchev–Trinajstić information content (AvgIpc) is 3.32. The van der Waals surface area contributed by atoms with Crippen LogP contribution in [0.25, 0.3) is 0 Å². The van der Waals surface area contributed by atoms with E-state index in [0.717, 1.165) is 11.4 Å². The van der Waals surface area contributed by atoms with Crippen molar-refractivity contribution in [2.24, 2.45) is 4.99 Å². The predicted octanol–water partition coefficient (Wildman–Crippen LogP) is 2.08. The molecule has 1 unspecified atom stereocenters. The van der Waals surface area contributed by atoms with Crippen LogP contribution in [0.5, 0.6) is 5.75 Å². The van der Waals surface area contributed by atoms with Gasteiger partial charge in [-0.2, -0.15) is 0 Å². The van der Waals surface area contributed by atoms with Crippen LogP contribution in [-0.4, -0.2) is 77.4 Å². The lowest BCUT2D eigenvalue weighted by Gasteiger charge is -2.33. The van der Waals surface area contributed by atoms with E-state index in [1.165, 1.54) is 9.80 Å². The fraction of sp³-hybridized carbons (Fsp3) is 0.364. The largest absolute Gasteiger partial charge is 0.486 e. The lowest BCUT2D eigenvalue weighted by Crippen LogP contribution is -2.62. The fourth-order valence-electron chi connectivity index (χ4n) is 3.90. The van der Waals surface area contributed by atoms with Crippen molar-refractivity contribution < 1.29 is 18.9 Å². The maximum absolute atomic E-state index is 13.2. The van der Waals surface area contributed by atoms with Gasteiger partial charge in [0.1, 0.15) is 18.8 Å². The van der Waals surface area contributed by atoms with Gasteiger partial charge in [0.2, 0.25) is 11.9 Å². The average molecular weight is 408 g/mol. The normalized spacial score (nSPS) is 21.2. The van der Waals surface area contributed by atoms with E-state index < -0.39 is 6.04 Å². The van der Waals surface area contributed by atoms with Crippen molar-refractivity contribution in [3.63, 3.8) is 0 Å². The fourth-order valence-corrected chi connectivity index (χ4v) is 3.90. The summed E-state index contributed by atoms with van der Waals surface area (Å²) in [7, 11) is 1.67. The molecule has 30 heavy (non-hydrogen) atoms. The van der Waals surface area contributed by atoms with Gasteiger partial charge in [0.25, 0.3) is 5.91 Å². The Bertz CT molecular complexity index is 994. The van der Waals surface area contributed by atoms with Crippen molar-refractivity contribution in [3.05, 3.63) is 48.6 Å². The first kappa shape index (κ1) is 19.9. The molecule has 1 atom stereocenters. The number of carbonyl (C=O) groups excluding carboxylic acids is 2. The second kappa shape index (κ2) is 8.14. The molecule has 4 rings (SSSR count).